The van der Waals surface area contributed by atoms with Gasteiger partial charge in [0.15, 0.2) is 9.84 Å². The third-order valence-corrected chi connectivity index (χ3v) is 9.03. The average molecular weight is 563 g/mol. The number of carbonyl (C=O) groups is 2. The van der Waals surface area contributed by atoms with Crippen LogP contribution in [0.25, 0.3) is 0 Å². The zero-order valence-electron chi connectivity index (χ0n) is 21.8. The molecule has 9 nitrogen and oxygen atoms in total. The summed E-state index contributed by atoms with van der Waals surface area (Å²) in [6.45, 7) is 0.780. The number of hydrogen-bond donors (Lipinski definition) is 2. The van der Waals surface area contributed by atoms with Crippen LogP contribution < -0.4 is 15.4 Å². The Hall–Kier alpha value is -3.02. The first-order valence-electron chi connectivity index (χ1n) is 13.4. The van der Waals surface area contributed by atoms with Gasteiger partial charge in [0.1, 0.15) is 22.9 Å². The zero-order chi connectivity index (χ0) is 27.6. The van der Waals surface area contributed by atoms with Crippen molar-refractivity contribution >= 4 is 27.5 Å². The molecule has 4 aliphatic rings. The van der Waals surface area contributed by atoms with Gasteiger partial charge >= 0.3 is 0 Å². The lowest BCUT2D eigenvalue weighted by molar-refractivity contribution is -0.119. The largest absolute Gasteiger partial charge is 0.493 e. The van der Waals surface area contributed by atoms with E-state index in [2.05, 4.69) is 10.6 Å². The highest BCUT2D eigenvalue weighted by molar-refractivity contribution is 7.91. The normalized spacial score (nSPS) is 23.6. The Bertz CT molecular complexity index is 1440. The molecule has 0 unspecified atom stereocenters. The van der Waals surface area contributed by atoms with Crippen molar-refractivity contribution in [2.75, 3.05) is 23.9 Å². The third-order valence-electron chi connectivity index (χ3n) is 8.24. The maximum Gasteiger partial charge on any atom is 0.257 e. The van der Waals surface area contributed by atoms with Gasteiger partial charge in [0.25, 0.3) is 5.91 Å². The van der Waals surface area contributed by atoms with Gasteiger partial charge in [-0.2, -0.15) is 5.10 Å². The van der Waals surface area contributed by atoms with Gasteiger partial charge in [0, 0.05) is 38.0 Å². The van der Waals surface area contributed by atoms with E-state index in [4.69, 9.17) is 9.84 Å². The fourth-order valence-corrected chi connectivity index (χ4v) is 6.69. The van der Waals surface area contributed by atoms with Crippen LogP contribution in [0.15, 0.2) is 18.2 Å². The molecule has 0 saturated heterocycles. The van der Waals surface area contributed by atoms with Crippen molar-refractivity contribution in [3.8, 4) is 5.75 Å². The van der Waals surface area contributed by atoms with E-state index in [-0.39, 0.29) is 42.7 Å². The molecule has 12 heteroatoms. The molecule has 2 aromatic rings. The minimum absolute atomic E-state index is 0.139. The summed E-state index contributed by atoms with van der Waals surface area (Å²) in [5, 5.41) is 10.6. The molecule has 1 aliphatic heterocycles. The van der Waals surface area contributed by atoms with Crippen molar-refractivity contribution < 1.29 is 31.5 Å². The Labute approximate surface area is 225 Å². The topological polar surface area (TPSA) is 119 Å². The lowest BCUT2D eigenvalue weighted by Crippen LogP contribution is -2.49. The molecule has 39 heavy (non-hydrogen) atoms. The second-order valence-corrected chi connectivity index (χ2v) is 13.9. The van der Waals surface area contributed by atoms with Crippen LogP contribution in [-0.2, 0) is 39.6 Å². The second-order valence-electron chi connectivity index (χ2n) is 11.7. The Morgan fingerprint density at radius 1 is 1.26 bits per heavy atom. The maximum atomic E-state index is 13.5. The molecule has 3 aliphatic carbocycles. The van der Waals surface area contributed by atoms with Gasteiger partial charge in [-0.25, -0.2) is 21.9 Å². The van der Waals surface area contributed by atoms with Crippen LogP contribution in [0, 0.1) is 11.8 Å². The number of fused-ring (bicyclic) bond motifs is 3. The first kappa shape index (κ1) is 26.2. The van der Waals surface area contributed by atoms with E-state index >= 15 is 0 Å². The zero-order valence-corrected chi connectivity index (χ0v) is 22.6. The number of amides is 2. The molecule has 1 aromatic heterocycles. The van der Waals surface area contributed by atoms with Gasteiger partial charge in [0.05, 0.1) is 17.8 Å². The van der Waals surface area contributed by atoms with Gasteiger partial charge in [-0.1, -0.05) is 18.9 Å². The number of anilines is 1. The molecule has 2 saturated carbocycles. The summed E-state index contributed by atoms with van der Waals surface area (Å²) in [5.41, 5.74) is 2.20. The molecule has 6 rings (SSSR count). The number of sulfone groups is 1. The number of halogens is 2. The van der Waals surface area contributed by atoms with Crippen molar-refractivity contribution in [2.45, 2.75) is 69.4 Å². The highest BCUT2D eigenvalue weighted by Crippen LogP contribution is 2.45. The number of nitrogens with one attached hydrogen (secondary N) is 2. The fourth-order valence-electron chi connectivity index (χ4n) is 6.14. The molecule has 2 amide bonds. The lowest BCUT2D eigenvalue weighted by atomic mass is 9.82. The van der Waals surface area contributed by atoms with Crippen molar-refractivity contribution in [3.05, 3.63) is 40.6 Å². The number of aryl methyl sites for hydroxylation is 2. The minimum Gasteiger partial charge on any atom is -0.493 e. The van der Waals surface area contributed by atoms with Crippen molar-refractivity contribution in [1.82, 2.24) is 15.1 Å². The maximum absolute atomic E-state index is 13.5. The van der Waals surface area contributed by atoms with Gasteiger partial charge in [-0.15, -0.1) is 0 Å². The van der Waals surface area contributed by atoms with Crippen molar-refractivity contribution in [3.63, 3.8) is 0 Å². The Kier molecular flexibility index (Phi) is 6.24. The number of carbonyl (C=O) groups excluding carboxylic acids is 2. The van der Waals surface area contributed by atoms with E-state index in [0.717, 1.165) is 36.6 Å². The van der Waals surface area contributed by atoms with Crippen LogP contribution in [0.4, 0.5) is 14.6 Å². The van der Waals surface area contributed by atoms with Crippen LogP contribution in [0.1, 0.15) is 65.7 Å². The van der Waals surface area contributed by atoms with Gasteiger partial charge in [-0.05, 0) is 48.4 Å². The number of hydrogen-bond acceptors (Lipinski definition) is 6. The Balaban J connectivity index is 1.23. The summed E-state index contributed by atoms with van der Waals surface area (Å²) in [6, 6.07) is 5.67. The van der Waals surface area contributed by atoms with E-state index in [9.17, 15) is 26.8 Å². The molecular weight excluding hydrogens is 530 g/mol. The van der Waals surface area contributed by atoms with Crippen LogP contribution in [-0.4, -0.2) is 54.6 Å². The number of rotatable bonds is 9. The van der Waals surface area contributed by atoms with E-state index in [0.29, 0.717) is 43.2 Å². The van der Waals surface area contributed by atoms with Crippen LogP contribution in [0.3, 0.4) is 0 Å². The highest BCUT2D eigenvalue weighted by atomic mass is 32.2. The van der Waals surface area contributed by atoms with E-state index in [1.807, 2.05) is 18.2 Å². The number of benzene rings is 1. The first-order chi connectivity index (χ1) is 18.4. The predicted molar refractivity (Wildman–Crippen MR) is 139 cm³/mol. The lowest BCUT2D eigenvalue weighted by Gasteiger charge is -2.35. The van der Waals surface area contributed by atoms with Gasteiger partial charge < -0.3 is 15.4 Å². The molecule has 2 N–H and O–H groups in total. The smallest absolute Gasteiger partial charge is 0.257 e. The van der Waals surface area contributed by atoms with Crippen LogP contribution >= 0.6 is 0 Å². The summed E-state index contributed by atoms with van der Waals surface area (Å²) in [6.07, 6.45) is 5.68. The molecular formula is C27H32F2N4O5S. The highest BCUT2D eigenvalue weighted by Gasteiger charge is 2.47. The van der Waals surface area contributed by atoms with Gasteiger partial charge in [0.2, 0.25) is 11.8 Å². The molecule has 1 aromatic carbocycles. The summed E-state index contributed by atoms with van der Waals surface area (Å²) in [7, 11) is -3.54. The molecule has 1 spiro atoms. The van der Waals surface area contributed by atoms with Crippen LogP contribution in [0.2, 0.25) is 0 Å². The quantitative estimate of drug-likeness (QED) is 0.485. The predicted octanol–water partition coefficient (Wildman–Crippen LogP) is 3.22. The number of ether oxygens (including phenoxy) is 1. The first-order valence-corrected chi connectivity index (χ1v) is 15.5. The van der Waals surface area contributed by atoms with Crippen molar-refractivity contribution in [2.24, 2.45) is 11.8 Å². The average Bonchev–Trinajstić information content (AvgIpc) is 3.51. The summed E-state index contributed by atoms with van der Waals surface area (Å²) >= 11 is 0. The number of alkyl halides is 2. The SMILES string of the molecule is CS(=O)(=O)CC(=O)Nc1c2c(nn1CCC1CC1)C[C@]1(CCc3cc(OCC4CC(F)(F)C4)ccc31)NC2=O. The summed E-state index contributed by atoms with van der Waals surface area (Å²) in [5.74, 6) is -2.98. The fraction of sp³-hybridized carbons (Fsp3) is 0.593. The van der Waals surface area contributed by atoms with Gasteiger partial charge in [-0.3, -0.25) is 9.59 Å². The van der Waals surface area contributed by atoms with E-state index in [1.165, 1.54) is 0 Å². The molecule has 0 radical (unpaired) electrons. The number of aromatic nitrogens is 2. The summed E-state index contributed by atoms with van der Waals surface area (Å²) in [4.78, 5) is 26.0. The van der Waals surface area contributed by atoms with E-state index < -0.39 is 33.0 Å². The monoisotopic (exact) mass is 562 g/mol. The van der Waals surface area contributed by atoms with Crippen molar-refractivity contribution in [1.29, 1.82) is 0 Å². The molecule has 1 atom stereocenters. The van der Waals surface area contributed by atoms with E-state index in [1.54, 1.807) is 4.68 Å². The molecule has 0 bridgehead atoms. The minimum atomic E-state index is -3.54. The number of nitrogens with zero attached hydrogens (tertiary/aromatic N) is 2. The molecule has 2 heterocycles. The molecule has 210 valence electrons. The second kappa shape index (κ2) is 9.28. The standard InChI is InChI=1S/C27H32F2N4O5S/c1-39(36,37)15-22(34)30-24-23-21(32-33(24)9-7-16-2-3-16)13-26(31-25(23)35)8-6-18-10-19(4-5-20(18)26)38-14-17-11-27(28,29)12-17/h4-5,10,16-17H,2-3,6-9,11-15H2,1H3,(H,30,34)(H,31,35)/t26-/m0/s1. The summed E-state index contributed by atoms with van der Waals surface area (Å²) < 4.78 is 57.0. The Morgan fingerprint density at radius 2 is 2.03 bits per heavy atom. The Morgan fingerprint density at radius 3 is 2.72 bits per heavy atom. The molecule has 2 fully saturated rings. The third kappa shape index (κ3) is 5.39. The van der Waals surface area contributed by atoms with Crippen LogP contribution in [0.5, 0.6) is 5.75 Å².